The van der Waals surface area contributed by atoms with Gasteiger partial charge in [0, 0.05) is 0 Å². The number of unbranched alkanes of at least 4 members (excludes halogenated alkanes) is 1. The molecule has 1 aromatic carbocycles. The summed E-state index contributed by atoms with van der Waals surface area (Å²) < 4.78 is 5.52. The van der Waals surface area contributed by atoms with Gasteiger partial charge in [-0.1, -0.05) is 23.7 Å². The van der Waals surface area contributed by atoms with E-state index < -0.39 is 0 Å². The first-order chi connectivity index (χ1) is 6.84. The lowest BCUT2D eigenvalue weighted by molar-refractivity contribution is 0.306. The molecule has 0 amide bonds. The molecule has 86 valence electrons. The van der Waals surface area contributed by atoms with Crippen LogP contribution in [0.15, 0.2) is 24.3 Å². The molecule has 0 aliphatic heterocycles. The summed E-state index contributed by atoms with van der Waals surface area (Å²) in [5.74, 6) is 0.777. The van der Waals surface area contributed by atoms with Gasteiger partial charge in [0.15, 0.2) is 0 Å². The van der Waals surface area contributed by atoms with Gasteiger partial charge < -0.3 is 10.1 Å². The summed E-state index contributed by atoms with van der Waals surface area (Å²) in [4.78, 5) is 0. The highest BCUT2D eigenvalue weighted by atomic mass is 35.5. The number of hydrogen-bond acceptors (Lipinski definition) is 2. The Morgan fingerprint density at radius 1 is 1.27 bits per heavy atom. The van der Waals surface area contributed by atoms with E-state index >= 15 is 0 Å². The van der Waals surface area contributed by atoms with Gasteiger partial charge in [0.05, 0.1) is 11.6 Å². The molecular formula is C11H17Cl2NO. The molecule has 1 rings (SSSR count). The van der Waals surface area contributed by atoms with E-state index in [1.165, 1.54) is 0 Å². The van der Waals surface area contributed by atoms with Crippen LogP contribution in [0.5, 0.6) is 5.75 Å². The van der Waals surface area contributed by atoms with Crippen molar-refractivity contribution in [3.8, 4) is 5.75 Å². The van der Waals surface area contributed by atoms with Crippen LogP contribution in [0.25, 0.3) is 0 Å². The summed E-state index contributed by atoms with van der Waals surface area (Å²) in [5, 5.41) is 3.78. The molecule has 0 unspecified atom stereocenters. The van der Waals surface area contributed by atoms with E-state index in [1.54, 1.807) is 0 Å². The van der Waals surface area contributed by atoms with Crippen molar-refractivity contribution >= 4 is 24.0 Å². The fourth-order valence-electron chi connectivity index (χ4n) is 1.15. The SMILES string of the molecule is CNCCCCOc1ccccc1Cl.Cl. The molecule has 0 saturated carbocycles. The molecule has 1 N–H and O–H groups in total. The van der Waals surface area contributed by atoms with Gasteiger partial charge in [-0.05, 0) is 38.6 Å². The summed E-state index contributed by atoms with van der Waals surface area (Å²) in [6, 6.07) is 7.55. The molecule has 0 radical (unpaired) electrons. The van der Waals surface area contributed by atoms with Crippen molar-refractivity contribution in [2.24, 2.45) is 0 Å². The molecule has 0 fully saturated rings. The normalized spacial score (nSPS) is 9.47. The van der Waals surface area contributed by atoms with Gasteiger partial charge >= 0.3 is 0 Å². The fraction of sp³-hybridized carbons (Fsp3) is 0.455. The van der Waals surface area contributed by atoms with Gasteiger partial charge in [-0.2, -0.15) is 0 Å². The first-order valence-corrected chi connectivity index (χ1v) is 5.24. The molecule has 0 heterocycles. The molecule has 0 atom stereocenters. The van der Waals surface area contributed by atoms with Crippen molar-refractivity contribution in [2.45, 2.75) is 12.8 Å². The second-order valence-corrected chi connectivity index (χ2v) is 3.50. The third-order valence-electron chi connectivity index (χ3n) is 1.92. The Kier molecular flexibility index (Phi) is 8.58. The van der Waals surface area contributed by atoms with Crippen LogP contribution in [0, 0.1) is 0 Å². The van der Waals surface area contributed by atoms with Gasteiger partial charge in [-0.15, -0.1) is 12.4 Å². The van der Waals surface area contributed by atoms with Crippen molar-refractivity contribution in [2.75, 3.05) is 20.2 Å². The number of para-hydroxylation sites is 1. The molecule has 0 spiro atoms. The largest absolute Gasteiger partial charge is 0.492 e. The summed E-state index contributed by atoms with van der Waals surface area (Å²) in [6.45, 7) is 1.76. The van der Waals surface area contributed by atoms with Crippen molar-refractivity contribution < 1.29 is 4.74 Å². The van der Waals surface area contributed by atoms with Crippen LogP contribution in [0.2, 0.25) is 5.02 Å². The molecule has 0 saturated heterocycles. The standard InChI is InChI=1S/C11H16ClNO.ClH/c1-13-8-4-5-9-14-11-7-3-2-6-10(11)12;/h2-3,6-7,13H,4-5,8-9H2,1H3;1H. The summed E-state index contributed by atoms with van der Waals surface area (Å²) in [7, 11) is 1.95. The predicted molar refractivity (Wildman–Crippen MR) is 67.4 cm³/mol. The van der Waals surface area contributed by atoms with Gasteiger partial charge in [-0.25, -0.2) is 0 Å². The number of nitrogens with one attached hydrogen (secondary N) is 1. The molecule has 15 heavy (non-hydrogen) atoms. The average molecular weight is 250 g/mol. The predicted octanol–water partition coefficient (Wildman–Crippen LogP) is 3.14. The smallest absolute Gasteiger partial charge is 0.137 e. The number of halogens is 2. The van der Waals surface area contributed by atoms with Crippen LogP contribution < -0.4 is 10.1 Å². The van der Waals surface area contributed by atoms with E-state index in [2.05, 4.69) is 5.32 Å². The van der Waals surface area contributed by atoms with Crippen molar-refractivity contribution in [3.05, 3.63) is 29.3 Å². The third kappa shape index (κ3) is 5.88. The minimum Gasteiger partial charge on any atom is -0.492 e. The summed E-state index contributed by atoms with van der Waals surface area (Å²) >= 11 is 5.93. The molecule has 4 heteroatoms. The van der Waals surface area contributed by atoms with E-state index in [1.807, 2.05) is 31.3 Å². The molecule has 0 bridgehead atoms. The van der Waals surface area contributed by atoms with E-state index in [4.69, 9.17) is 16.3 Å². The zero-order valence-electron chi connectivity index (χ0n) is 8.83. The Morgan fingerprint density at radius 2 is 2.00 bits per heavy atom. The van der Waals surface area contributed by atoms with E-state index in [0.29, 0.717) is 5.02 Å². The molecule has 1 aromatic rings. The number of ether oxygens (including phenoxy) is 1. The van der Waals surface area contributed by atoms with Crippen LogP contribution in [-0.4, -0.2) is 20.2 Å². The summed E-state index contributed by atoms with van der Waals surface area (Å²) in [6.07, 6.45) is 2.17. The van der Waals surface area contributed by atoms with Crippen LogP contribution in [0.4, 0.5) is 0 Å². The van der Waals surface area contributed by atoms with Crippen molar-refractivity contribution in [1.29, 1.82) is 0 Å². The lowest BCUT2D eigenvalue weighted by atomic mass is 10.3. The first-order valence-electron chi connectivity index (χ1n) is 4.86. The quantitative estimate of drug-likeness (QED) is 0.783. The molecule has 2 nitrogen and oxygen atoms in total. The molecule has 0 aromatic heterocycles. The first kappa shape index (κ1) is 14.6. The highest BCUT2D eigenvalue weighted by Crippen LogP contribution is 2.23. The second kappa shape index (κ2) is 8.84. The lowest BCUT2D eigenvalue weighted by Gasteiger charge is -2.07. The molecular weight excluding hydrogens is 233 g/mol. The monoisotopic (exact) mass is 249 g/mol. The van der Waals surface area contributed by atoms with Crippen LogP contribution in [0.3, 0.4) is 0 Å². The van der Waals surface area contributed by atoms with Crippen molar-refractivity contribution in [1.82, 2.24) is 5.32 Å². The van der Waals surface area contributed by atoms with E-state index in [0.717, 1.165) is 31.7 Å². The molecule has 0 aliphatic rings. The van der Waals surface area contributed by atoms with Crippen LogP contribution in [0.1, 0.15) is 12.8 Å². The zero-order valence-corrected chi connectivity index (χ0v) is 10.4. The number of benzene rings is 1. The zero-order chi connectivity index (χ0) is 10.2. The highest BCUT2D eigenvalue weighted by Gasteiger charge is 1.98. The number of rotatable bonds is 6. The van der Waals surface area contributed by atoms with Crippen molar-refractivity contribution in [3.63, 3.8) is 0 Å². The average Bonchev–Trinajstić information content (AvgIpc) is 2.20. The van der Waals surface area contributed by atoms with Gasteiger partial charge in [-0.3, -0.25) is 0 Å². The Morgan fingerprint density at radius 3 is 2.67 bits per heavy atom. The highest BCUT2D eigenvalue weighted by molar-refractivity contribution is 6.32. The van der Waals surface area contributed by atoms with Gasteiger partial charge in [0.2, 0.25) is 0 Å². The Bertz CT molecular complexity index is 269. The number of hydrogen-bond donors (Lipinski definition) is 1. The summed E-state index contributed by atoms with van der Waals surface area (Å²) in [5.41, 5.74) is 0. The Labute approximate surface area is 102 Å². The Balaban J connectivity index is 0.00000196. The minimum atomic E-state index is 0. The lowest BCUT2D eigenvalue weighted by Crippen LogP contribution is -2.09. The maximum Gasteiger partial charge on any atom is 0.137 e. The maximum atomic E-state index is 5.93. The minimum absolute atomic E-state index is 0. The van der Waals surface area contributed by atoms with Gasteiger partial charge in [0.1, 0.15) is 5.75 Å². The Hall–Kier alpha value is -0.440. The molecule has 0 aliphatic carbocycles. The second-order valence-electron chi connectivity index (χ2n) is 3.09. The van der Waals surface area contributed by atoms with E-state index in [-0.39, 0.29) is 12.4 Å². The fourth-order valence-corrected chi connectivity index (χ4v) is 1.34. The topological polar surface area (TPSA) is 21.3 Å². The van der Waals surface area contributed by atoms with Gasteiger partial charge in [0.25, 0.3) is 0 Å². The van der Waals surface area contributed by atoms with Crippen LogP contribution in [-0.2, 0) is 0 Å². The van der Waals surface area contributed by atoms with E-state index in [9.17, 15) is 0 Å². The van der Waals surface area contributed by atoms with Crippen LogP contribution >= 0.6 is 24.0 Å². The third-order valence-corrected chi connectivity index (χ3v) is 2.23. The maximum absolute atomic E-state index is 5.93.